The average molecular weight is 273 g/mol. The molecule has 1 heterocycles. The number of nitrogens with one attached hydrogen (secondary N) is 1. The zero-order valence-electron chi connectivity index (χ0n) is 12.6. The fourth-order valence-corrected chi connectivity index (χ4v) is 2.62. The number of rotatable bonds is 4. The maximum Gasteiger partial charge on any atom is 0.0827 e. The van der Waals surface area contributed by atoms with Crippen LogP contribution in [0.3, 0.4) is 0 Å². The highest BCUT2D eigenvalue weighted by Gasteiger charge is 2.32. The summed E-state index contributed by atoms with van der Waals surface area (Å²) < 4.78 is 5.67. The number of aromatic nitrogens is 1. The Balaban J connectivity index is 2.43. The van der Waals surface area contributed by atoms with Crippen LogP contribution in [-0.2, 0) is 4.74 Å². The second-order valence-corrected chi connectivity index (χ2v) is 6.12. The van der Waals surface area contributed by atoms with E-state index in [1.54, 1.807) is 13.3 Å². The molecule has 1 aromatic carbocycles. The van der Waals surface area contributed by atoms with Crippen LogP contribution in [0.25, 0.3) is 10.9 Å². The lowest BCUT2D eigenvalue weighted by Gasteiger charge is -2.35. The van der Waals surface area contributed by atoms with Crippen molar-refractivity contribution in [3.05, 3.63) is 42.1 Å². The minimum atomic E-state index is -0.0774. The van der Waals surface area contributed by atoms with E-state index in [-0.39, 0.29) is 17.6 Å². The van der Waals surface area contributed by atoms with Gasteiger partial charge in [0.15, 0.2) is 0 Å². The molecule has 0 spiro atoms. The van der Waals surface area contributed by atoms with Crippen molar-refractivity contribution in [3.8, 4) is 0 Å². The van der Waals surface area contributed by atoms with Crippen LogP contribution in [0.2, 0.25) is 0 Å². The molecule has 4 nitrogen and oxygen atoms in total. The Bertz CT molecular complexity index is 577. The van der Waals surface area contributed by atoms with Gasteiger partial charge in [-0.05, 0) is 23.1 Å². The van der Waals surface area contributed by atoms with Crippen molar-refractivity contribution in [2.45, 2.75) is 32.9 Å². The van der Waals surface area contributed by atoms with Crippen molar-refractivity contribution in [3.63, 3.8) is 0 Å². The molecule has 0 aliphatic rings. The Morgan fingerprint density at radius 2 is 2.00 bits per heavy atom. The number of ether oxygens (including phenoxy) is 1. The van der Waals surface area contributed by atoms with E-state index in [1.165, 1.54) is 0 Å². The molecule has 3 N–H and O–H groups in total. The maximum atomic E-state index is 5.77. The first-order chi connectivity index (χ1) is 9.47. The molecule has 0 aliphatic carbocycles. The third-order valence-corrected chi connectivity index (χ3v) is 3.58. The number of pyridine rings is 1. The van der Waals surface area contributed by atoms with Gasteiger partial charge in [-0.15, -0.1) is 0 Å². The summed E-state index contributed by atoms with van der Waals surface area (Å²) in [4.78, 5) is 4.40. The number of hydrazine groups is 1. The summed E-state index contributed by atoms with van der Waals surface area (Å²) >= 11 is 0. The molecule has 2 aromatic rings. The number of hydrogen-bond donors (Lipinski definition) is 2. The Morgan fingerprint density at radius 3 is 2.60 bits per heavy atom. The minimum absolute atomic E-state index is 0.0230. The Hall–Kier alpha value is -1.49. The second-order valence-electron chi connectivity index (χ2n) is 6.12. The normalized spacial score (nSPS) is 15.2. The van der Waals surface area contributed by atoms with Crippen molar-refractivity contribution in [1.29, 1.82) is 0 Å². The predicted molar refractivity (Wildman–Crippen MR) is 82.1 cm³/mol. The first kappa shape index (κ1) is 14.9. The number of nitrogens with two attached hydrogens (primary N) is 1. The topological polar surface area (TPSA) is 60.2 Å². The first-order valence-electron chi connectivity index (χ1n) is 6.81. The molecular formula is C16H23N3O. The van der Waals surface area contributed by atoms with Crippen LogP contribution in [-0.4, -0.2) is 18.2 Å². The fraction of sp³-hybridized carbons (Fsp3) is 0.438. The van der Waals surface area contributed by atoms with Gasteiger partial charge in [0.1, 0.15) is 0 Å². The molecule has 2 atom stereocenters. The summed E-state index contributed by atoms with van der Waals surface area (Å²) in [6.45, 7) is 6.43. The monoisotopic (exact) mass is 273 g/mol. The van der Waals surface area contributed by atoms with Crippen molar-refractivity contribution < 1.29 is 4.74 Å². The van der Waals surface area contributed by atoms with Gasteiger partial charge in [0.05, 0.1) is 17.7 Å². The lowest BCUT2D eigenvalue weighted by Crippen LogP contribution is -2.44. The van der Waals surface area contributed by atoms with Gasteiger partial charge in [-0.3, -0.25) is 16.3 Å². The third-order valence-electron chi connectivity index (χ3n) is 3.58. The molecule has 108 valence electrons. The van der Waals surface area contributed by atoms with E-state index in [2.05, 4.69) is 55.4 Å². The lowest BCUT2D eigenvalue weighted by atomic mass is 9.82. The number of nitrogens with zero attached hydrogens (tertiary/aromatic N) is 1. The molecule has 0 saturated heterocycles. The molecule has 20 heavy (non-hydrogen) atoms. The van der Waals surface area contributed by atoms with E-state index in [9.17, 15) is 0 Å². The van der Waals surface area contributed by atoms with E-state index < -0.39 is 0 Å². The van der Waals surface area contributed by atoms with Crippen LogP contribution in [0.5, 0.6) is 0 Å². The van der Waals surface area contributed by atoms with Gasteiger partial charge >= 0.3 is 0 Å². The molecule has 0 amide bonds. The van der Waals surface area contributed by atoms with E-state index in [1.807, 2.05) is 6.07 Å². The summed E-state index contributed by atoms with van der Waals surface area (Å²) in [7, 11) is 1.72. The molecule has 1 aromatic heterocycles. The van der Waals surface area contributed by atoms with E-state index >= 15 is 0 Å². The van der Waals surface area contributed by atoms with Gasteiger partial charge in [0, 0.05) is 18.7 Å². The summed E-state index contributed by atoms with van der Waals surface area (Å²) in [5, 5.41) is 1.12. The molecular weight excluding hydrogens is 250 g/mol. The maximum absolute atomic E-state index is 5.77. The number of benzene rings is 1. The Morgan fingerprint density at radius 1 is 1.25 bits per heavy atom. The third kappa shape index (κ3) is 2.98. The van der Waals surface area contributed by atoms with Gasteiger partial charge in [0.25, 0.3) is 0 Å². The van der Waals surface area contributed by atoms with Crippen LogP contribution in [0, 0.1) is 5.41 Å². The minimum Gasteiger partial charge on any atom is -0.379 e. The standard InChI is InChI=1S/C16H23N3O/c1-16(2,3)15(20-4)14(19-17)12-8-7-11-6-5-9-18-13(11)10-12/h5-10,14-15,19H,17H2,1-4H3. The van der Waals surface area contributed by atoms with Gasteiger partial charge in [-0.25, -0.2) is 0 Å². The number of hydrogen-bond acceptors (Lipinski definition) is 4. The van der Waals surface area contributed by atoms with Crippen LogP contribution in [0.1, 0.15) is 32.4 Å². The van der Waals surface area contributed by atoms with Crippen LogP contribution < -0.4 is 11.3 Å². The summed E-state index contributed by atoms with van der Waals surface area (Å²) in [5.74, 6) is 5.77. The molecule has 0 radical (unpaired) electrons. The van der Waals surface area contributed by atoms with Crippen LogP contribution in [0.15, 0.2) is 36.5 Å². The predicted octanol–water partition coefficient (Wildman–Crippen LogP) is 2.80. The summed E-state index contributed by atoms with van der Waals surface area (Å²) in [6.07, 6.45) is 1.77. The first-order valence-corrected chi connectivity index (χ1v) is 6.81. The van der Waals surface area contributed by atoms with E-state index in [4.69, 9.17) is 10.6 Å². The van der Waals surface area contributed by atoms with Crippen LogP contribution in [0.4, 0.5) is 0 Å². The van der Waals surface area contributed by atoms with Gasteiger partial charge < -0.3 is 4.74 Å². The zero-order valence-corrected chi connectivity index (χ0v) is 12.6. The Labute approximate surface area is 120 Å². The largest absolute Gasteiger partial charge is 0.379 e. The zero-order chi connectivity index (χ0) is 14.8. The van der Waals surface area contributed by atoms with Gasteiger partial charge in [-0.1, -0.05) is 39.0 Å². The van der Waals surface area contributed by atoms with E-state index in [0.717, 1.165) is 16.5 Å². The van der Waals surface area contributed by atoms with Gasteiger partial charge in [0.2, 0.25) is 0 Å². The second kappa shape index (κ2) is 5.87. The van der Waals surface area contributed by atoms with Crippen molar-refractivity contribution in [2.75, 3.05) is 7.11 Å². The SMILES string of the molecule is COC(C(NN)c1ccc2cccnc2c1)C(C)(C)C. The number of fused-ring (bicyclic) bond motifs is 1. The fourth-order valence-electron chi connectivity index (χ4n) is 2.62. The molecule has 0 fully saturated rings. The number of methoxy groups -OCH3 is 1. The highest BCUT2D eigenvalue weighted by Crippen LogP contribution is 2.32. The quantitative estimate of drug-likeness (QED) is 0.664. The summed E-state index contributed by atoms with van der Waals surface area (Å²) in [6, 6.07) is 10.1. The highest BCUT2D eigenvalue weighted by molar-refractivity contribution is 5.79. The van der Waals surface area contributed by atoms with Crippen LogP contribution >= 0.6 is 0 Å². The van der Waals surface area contributed by atoms with Crippen molar-refractivity contribution >= 4 is 10.9 Å². The average Bonchev–Trinajstić information content (AvgIpc) is 2.42. The highest BCUT2D eigenvalue weighted by atomic mass is 16.5. The molecule has 0 aliphatic heterocycles. The Kier molecular flexibility index (Phi) is 4.38. The lowest BCUT2D eigenvalue weighted by molar-refractivity contribution is -0.0120. The smallest absolute Gasteiger partial charge is 0.0827 e. The van der Waals surface area contributed by atoms with E-state index in [0.29, 0.717) is 0 Å². The molecule has 0 bridgehead atoms. The molecule has 2 unspecified atom stereocenters. The molecule has 2 rings (SSSR count). The van der Waals surface area contributed by atoms with Crippen molar-refractivity contribution in [1.82, 2.24) is 10.4 Å². The summed E-state index contributed by atoms with van der Waals surface area (Å²) in [5.41, 5.74) is 4.92. The molecule has 0 saturated carbocycles. The molecule has 4 heteroatoms. The van der Waals surface area contributed by atoms with Crippen molar-refractivity contribution in [2.24, 2.45) is 11.3 Å². The van der Waals surface area contributed by atoms with Gasteiger partial charge in [-0.2, -0.15) is 0 Å².